The summed E-state index contributed by atoms with van der Waals surface area (Å²) < 4.78 is 48.9. The quantitative estimate of drug-likeness (QED) is 0.118. The molecule has 0 fully saturated rings. The monoisotopic (exact) mass is 672 g/mol. The maximum atomic E-state index is 14.1. The van der Waals surface area contributed by atoms with Crippen LogP contribution < -0.4 is 15.2 Å². The number of hydrogen-bond donors (Lipinski definition) is 1. The van der Waals surface area contributed by atoms with Crippen molar-refractivity contribution in [3.63, 3.8) is 0 Å². The molecule has 0 aliphatic carbocycles. The van der Waals surface area contributed by atoms with Gasteiger partial charge in [0, 0.05) is 21.7 Å². The highest BCUT2D eigenvalue weighted by Crippen LogP contribution is 2.35. The van der Waals surface area contributed by atoms with Gasteiger partial charge in [0.2, 0.25) is 11.6 Å². The number of ether oxygens (including phenoxy) is 3. The van der Waals surface area contributed by atoms with Gasteiger partial charge in [0.15, 0.2) is 11.6 Å². The van der Waals surface area contributed by atoms with Gasteiger partial charge in [-0.1, -0.05) is 22.0 Å². The van der Waals surface area contributed by atoms with E-state index in [0.29, 0.717) is 18.0 Å². The SMILES string of the molecule is COc1cc(Oc2cccc(F)c2F)ccc1-n1ncc(C(=O)c2cc3cc(Br)ccc3n2COCCS(C)(C)C)c1N. The molecule has 0 saturated heterocycles. The van der Waals surface area contributed by atoms with Crippen molar-refractivity contribution in [2.75, 3.05) is 44.0 Å². The topological polar surface area (TPSA) is 93.5 Å². The first-order valence-corrected chi connectivity index (χ1v) is 17.0. The van der Waals surface area contributed by atoms with E-state index in [1.807, 2.05) is 28.8 Å². The molecule has 2 N–H and O–H groups in total. The smallest absolute Gasteiger partial charge is 0.214 e. The zero-order valence-electron chi connectivity index (χ0n) is 24.1. The van der Waals surface area contributed by atoms with E-state index < -0.39 is 21.7 Å². The lowest BCUT2D eigenvalue weighted by atomic mass is 10.1. The van der Waals surface area contributed by atoms with Crippen molar-refractivity contribution >= 4 is 48.5 Å². The Morgan fingerprint density at radius 2 is 1.84 bits per heavy atom. The first kappa shape index (κ1) is 30.6. The maximum absolute atomic E-state index is 14.1. The molecule has 43 heavy (non-hydrogen) atoms. The molecule has 5 rings (SSSR count). The second-order valence-corrected chi connectivity index (χ2v) is 16.2. The normalized spacial score (nSPS) is 12.1. The van der Waals surface area contributed by atoms with Crippen LogP contribution in [-0.4, -0.2) is 58.4 Å². The lowest BCUT2D eigenvalue weighted by Crippen LogP contribution is -2.15. The third-order valence-corrected chi connectivity index (χ3v) is 8.62. The molecule has 226 valence electrons. The van der Waals surface area contributed by atoms with Crippen LogP contribution in [0.15, 0.2) is 71.3 Å². The van der Waals surface area contributed by atoms with Gasteiger partial charge in [-0.25, -0.2) is 19.1 Å². The molecule has 0 atom stereocenters. The summed E-state index contributed by atoms with van der Waals surface area (Å²) in [6.45, 7) is 0.783. The van der Waals surface area contributed by atoms with E-state index in [0.717, 1.165) is 27.2 Å². The van der Waals surface area contributed by atoms with Crippen LogP contribution in [-0.2, 0) is 11.5 Å². The number of rotatable bonds is 11. The molecule has 2 aromatic heterocycles. The molecule has 8 nitrogen and oxygen atoms in total. The molecule has 0 aliphatic heterocycles. The van der Waals surface area contributed by atoms with Crippen molar-refractivity contribution < 1.29 is 27.8 Å². The summed E-state index contributed by atoms with van der Waals surface area (Å²) in [7, 11) is 0.714. The van der Waals surface area contributed by atoms with Crippen LogP contribution in [0.2, 0.25) is 0 Å². The molecule has 0 spiro atoms. The molecular weight excluding hydrogens is 642 g/mol. The number of carbonyl (C=O) groups is 1. The van der Waals surface area contributed by atoms with E-state index in [-0.39, 0.29) is 41.1 Å². The Kier molecular flexibility index (Phi) is 8.81. The number of benzene rings is 3. The van der Waals surface area contributed by atoms with Crippen LogP contribution in [0.1, 0.15) is 16.1 Å². The van der Waals surface area contributed by atoms with Crippen molar-refractivity contribution in [2.24, 2.45) is 0 Å². The fourth-order valence-electron chi connectivity index (χ4n) is 4.48. The van der Waals surface area contributed by atoms with Crippen LogP contribution in [0.5, 0.6) is 17.2 Å². The number of methoxy groups -OCH3 is 1. The zero-order valence-corrected chi connectivity index (χ0v) is 26.5. The predicted octanol–water partition coefficient (Wildman–Crippen LogP) is 7.15. The van der Waals surface area contributed by atoms with Gasteiger partial charge in [-0.2, -0.15) is 9.49 Å². The molecular formula is C31H31BrF2N4O4S. The highest BCUT2D eigenvalue weighted by Gasteiger charge is 2.24. The van der Waals surface area contributed by atoms with Gasteiger partial charge in [0.1, 0.15) is 29.7 Å². The van der Waals surface area contributed by atoms with Crippen LogP contribution in [0.4, 0.5) is 14.6 Å². The van der Waals surface area contributed by atoms with Crippen LogP contribution in [0.3, 0.4) is 0 Å². The zero-order chi connectivity index (χ0) is 30.9. The number of nitrogens with zero attached hydrogens (tertiary/aromatic N) is 3. The van der Waals surface area contributed by atoms with Gasteiger partial charge in [-0.3, -0.25) is 4.79 Å². The molecule has 12 heteroatoms. The number of halogens is 3. The van der Waals surface area contributed by atoms with E-state index in [1.54, 1.807) is 6.07 Å². The van der Waals surface area contributed by atoms with Crippen LogP contribution in [0, 0.1) is 11.6 Å². The average Bonchev–Trinajstić information content (AvgIpc) is 3.52. The van der Waals surface area contributed by atoms with Gasteiger partial charge in [0.25, 0.3) is 0 Å². The maximum Gasteiger partial charge on any atom is 0.214 e. The number of ketones is 1. The molecule has 0 bridgehead atoms. The minimum atomic E-state index is -1.10. The molecule has 3 aromatic carbocycles. The van der Waals surface area contributed by atoms with E-state index in [9.17, 15) is 13.6 Å². The van der Waals surface area contributed by atoms with Crippen molar-refractivity contribution in [2.45, 2.75) is 6.73 Å². The Morgan fingerprint density at radius 3 is 2.58 bits per heavy atom. The molecule has 0 saturated carbocycles. The standard InChI is InChI=1S/C31H31BrF2N4O4S/c1-40-28-16-21(42-27-7-5-6-23(33)29(27)34)9-11-25(28)38-31(35)22(17-36-38)30(39)26-15-19-14-20(32)8-10-24(19)37(26)18-41-12-13-43(2,3)4/h5-11,14-17H,12-13,18,35H2,1-4H3. The first-order chi connectivity index (χ1) is 20.5. The number of fused-ring (bicyclic) bond motifs is 1. The van der Waals surface area contributed by atoms with Crippen molar-refractivity contribution in [3.05, 3.63) is 94.2 Å². The largest absolute Gasteiger partial charge is 0.494 e. The van der Waals surface area contributed by atoms with Gasteiger partial charge < -0.3 is 24.5 Å². The molecule has 0 unspecified atom stereocenters. The van der Waals surface area contributed by atoms with Crippen molar-refractivity contribution in [3.8, 4) is 22.9 Å². The summed E-state index contributed by atoms with van der Waals surface area (Å²) >= 11 is 3.51. The summed E-state index contributed by atoms with van der Waals surface area (Å²) in [5, 5.41) is 5.25. The number of hydrogen-bond acceptors (Lipinski definition) is 6. The second-order valence-electron chi connectivity index (χ2n) is 10.7. The summed E-state index contributed by atoms with van der Waals surface area (Å²) in [6.07, 6.45) is 8.10. The second kappa shape index (κ2) is 12.4. The van der Waals surface area contributed by atoms with E-state index in [2.05, 4.69) is 39.8 Å². The van der Waals surface area contributed by atoms with E-state index in [1.165, 1.54) is 42.3 Å². The molecule has 0 amide bonds. The van der Waals surface area contributed by atoms with Crippen molar-refractivity contribution in [1.82, 2.24) is 14.3 Å². The Hall–Kier alpha value is -3.87. The van der Waals surface area contributed by atoms with Crippen LogP contribution >= 0.6 is 26.0 Å². The fraction of sp³-hybridized carbons (Fsp3) is 0.226. The number of nitrogens with two attached hydrogens (primary N) is 1. The third-order valence-electron chi connectivity index (χ3n) is 6.73. The first-order valence-electron chi connectivity index (χ1n) is 13.2. The number of anilines is 1. The predicted molar refractivity (Wildman–Crippen MR) is 170 cm³/mol. The number of aromatic nitrogens is 3. The Balaban J connectivity index is 1.45. The van der Waals surface area contributed by atoms with Crippen molar-refractivity contribution in [1.29, 1.82) is 0 Å². The minimum absolute atomic E-state index is 0.100. The molecule has 5 aromatic rings. The minimum Gasteiger partial charge on any atom is -0.494 e. The lowest BCUT2D eigenvalue weighted by Gasteiger charge is -2.24. The highest BCUT2D eigenvalue weighted by molar-refractivity contribution is 9.10. The molecule has 0 aliphatic rings. The lowest BCUT2D eigenvalue weighted by molar-refractivity contribution is 0.0861. The van der Waals surface area contributed by atoms with E-state index in [4.69, 9.17) is 19.9 Å². The summed E-state index contributed by atoms with van der Waals surface area (Å²) in [5.74, 6) is -1.17. The van der Waals surface area contributed by atoms with E-state index >= 15 is 0 Å². The fourth-order valence-corrected chi connectivity index (χ4v) is 5.48. The van der Waals surface area contributed by atoms with Gasteiger partial charge in [-0.15, -0.1) is 0 Å². The summed E-state index contributed by atoms with van der Waals surface area (Å²) in [5.41, 5.74) is 8.38. The number of carbonyl (C=O) groups excluding carboxylic acids is 1. The Morgan fingerprint density at radius 1 is 1.05 bits per heavy atom. The summed E-state index contributed by atoms with van der Waals surface area (Å²) in [4.78, 5) is 13.9. The average molecular weight is 674 g/mol. The van der Waals surface area contributed by atoms with Gasteiger partial charge >= 0.3 is 0 Å². The summed E-state index contributed by atoms with van der Waals surface area (Å²) in [6, 6.07) is 15.9. The van der Waals surface area contributed by atoms with Gasteiger partial charge in [-0.05, 0) is 67.3 Å². The Bertz CT molecular complexity index is 1820. The van der Waals surface area contributed by atoms with Crippen LogP contribution in [0.25, 0.3) is 16.6 Å². The molecule has 2 heterocycles. The third kappa shape index (κ3) is 6.56. The highest BCUT2D eigenvalue weighted by atomic mass is 79.9. The molecule has 0 radical (unpaired) electrons. The number of nitrogen functional groups attached to an aromatic ring is 1. The van der Waals surface area contributed by atoms with Gasteiger partial charge in [0.05, 0.1) is 36.7 Å². The Labute approximate surface area is 257 Å².